The van der Waals surface area contributed by atoms with Crippen molar-refractivity contribution in [2.24, 2.45) is 0 Å². The Balaban J connectivity index is 1.95. The molecule has 0 radical (unpaired) electrons. The van der Waals surface area contributed by atoms with Crippen molar-refractivity contribution in [1.82, 2.24) is 4.98 Å². The van der Waals surface area contributed by atoms with Crippen molar-refractivity contribution in [3.63, 3.8) is 0 Å². The highest BCUT2D eigenvalue weighted by Crippen LogP contribution is 2.36. The van der Waals surface area contributed by atoms with E-state index in [1.807, 2.05) is 0 Å². The molecule has 0 unspecified atom stereocenters. The van der Waals surface area contributed by atoms with Crippen LogP contribution in [0.5, 0.6) is 5.75 Å². The number of carbonyl (C=O) groups is 1. The molecule has 0 aliphatic carbocycles. The highest BCUT2D eigenvalue weighted by atomic mass is 35.5. The highest BCUT2D eigenvalue weighted by Gasteiger charge is 2.31. The van der Waals surface area contributed by atoms with E-state index in [0.29, 0.717) is 23.5 Å². The lowest BCUT2D eigenvalue weighted by atomic mass is 10.1. The molecule has 0 N–H and O–H groups in total. The Kier molecular flexibility index (Phi) is 4.50. The zero-order valence-electron chi connectivity index (χ0n) is 12.4. The van der Waals surface area contributed by atoms with E-state index in [1.165, 1.54) is 6.20 Å². The zero-order chi connectivity index (χ0) is 18.0. The van der Waals surface area contributed by atoms with Crippen LogP contribution in [-0.2, 0) is 11.0 Å². The zero-order valence-corrected chi connectivity index (χ0v) is 13.1. The van der Waals surface area contributed by atoms with E-state index in [0.717, 1.165) is 18.2 Å². The van der Waals surface area contributed by atoms with Crippen molar-refractivity contribution in [1.29, 1.82) is 0 Å². The molecule has 0 bridgehead atoms. The smallest absolute Gasteiger partial charge is 0.416 e. The fourth-order valence-electron chi connectivity index (χ4n) is 2.15. The molecule has 0 aliphatic heterocycles. The molecule has 1 heterocycles. The van der Waals surface area contributed by atoms with Gasteiger partial charge in [-0.15, -0.1) is 0 Å². The summed E-state index contributed by atoms with van der Waals surface area (Å²) >= 11 is 5.97. The van der Waals surface area contributed by atoms with Crippen LogP contribution in [0.15, 0.2) is 53.1 Å². The van der Waals surface area contributed by atoms with Crippen LogP contribution in [0.3, 0.4) is 0 Å². The molecule has 0 spiro atoms. The Morgan fingerprint density at radius 3 is 2.48 bits per heavy atom. The third kappa shape index (κ3) is 3.66. The lowest BCUT2D eigenvalue weighted by molar-refractivity contribution is -0.137. The Labute approximate surface area is 144 Å². The molecule has 0 fully saturated rings. The molecule has 128 valence electrons. The third-order valence-electron chi connectivity index (χ3n) is 3.35. The predicted octanol–water partition coefficient (Wildman–Crippen LogP) is 5.22. The summed E-state index contributed by atoms with van der Waals surface area (Å²) in [7, 11) is 0. The van der Waals surface area contributed by atoms with Gasteiger partial charge in [0.25, 0.3) is 6.47 Å². The van der Waals surface area contributed by atoms with Crippen molar-refractivity contribution >= 4 is 18.1 Å². The van der Waals surface area contributed by atoms with E-state index in [2.05, 4.69) is 9.72 Å². The SMILES string of the molecule is O=COc1ccc(-c2cnc(-c3cc(C(F)(F)F)ccc3Cl)o2)cc1. The first-order chi connectivity index (χ1) is 11.9. The van der Waals surface area contributed by atoms with Gasteiger partial charge in [-0.05, 0) is 42.5 Å². The van der Waals surface area contributed by atoms with Crippen LogP contribution in [0.25, 0.3) is 22.8 Å². The first-order valence-corrected chi connectivity index (χ1v) is 7.30. The summed E-state index contributed by atoms with van der Waals surface area (Å²) < 4.78 is 48.8. The van der Waals surface area contributed by atoms with E-state index in [-0.39, 0.29) is 16.5 Å². The minimum Gasteiger partial charge on any atom is -0.436 e. The number of alkyl halides is 3. The molecule has 0 atom stereocenters. The molecule has 0 aliphatic rings. The normalized spacial score (nSPS) is 11.4. The number of hydrogen-bond acceptors (Lipinski definition) is 4. The Morgan fingerprint density at radius 1 is 1.12 bits per heavy atom. The van der Waals surface area contributed by atoms with Gasteiger partial charge < -0.3 is 9.15 Å². The largest absolute Gasteiger partial charge is 0.436 e. The fraction of sp³-hybridized carbons (Fsp3) is 0.0588. The summed E-state index contributed by atoms with van der Waals surface area (Å²) in [6.07, 6.45) is -3.12. The summed E-state index contributed by atoms with van der Waals surface area (Å²) in [5, 5.41) is 0.0936. The van der Waals surface area contributed by atoms with Gasteiger partial charge in [-0.1, -0.05) is 11.6 Å². The van der Waals surface area contributed by atoms with Gasteiger partial charge in [-0.2, -0.15) is 13.2 Å². The van der Waals surface area contributed by atoms with Crippen LogP contribution in [0.2, 0.25) is 5.02 Å². The van der Waals surface area contributed by atoms with Crippen molar-refractivity contribution in [2.75, 3.05) is 0 Å². The first kappa shape index (κ1) is 17.0. The standard InChI is InChI=1S/C17H9ClF3NO3/c18-14-6-3-11(17(19,20)21)7-13(14)16-22-8-15(25-16)10-1-4-12(5-2-10)24-9-23/h1-9H. The summed E-state index contributed by atoms with van der Waals surface area (Å²) in [6, 6.07) is 9.26. The molecule has 0 amide bonds. The molecule has 1 aromatic heterocycles. The van der Waals surface area contributed by atoms with Crippen molar-refractivity contribution in [2.45, 2.75) is 6.18 Å². The number of oxazole rings is 1. The molecule has 3 rings (SSSR count). The molecule has 0 saturated carbocycles. The van der Waals surface area contributed by atoms with E-state index in [1.54, 1.807) is 24.3 Å². The van der Waals surface area contributed by atoms with Gasteiger partial charge in [-0.25, -0.2) is 4.98 Å². The van der Waals surface area contributed by atoms with Crippen molar-refractivity contribution in [3.05, 3.63) is 59.2 Å². The average molecular weight is 368 g/mol. The lowest BCUT2D eigenvalue weighted by Gasteiger charge is -2.08. The number of aromatic nitrogens is 1. The van der Waals surface area contributed by atoms with E-state index in [4.69, 9.17) is 16.0 Å². The molecule has 25 heavy (non-hydrogen) atoms. The summed E-state index contributed by atoms with van der Waals surface area (Å²) in [5.41, 5.74) is -0.189. The van der Waals surface area contributed by atoms with Gasteiger partial charge in [0, 0.05) is 5.56 Å². The van der Waals surface area contributed by atoms with E-state index >= 15 is 0 Å². The van der Waals surface area contributed by atoms with Crippen LogP contribution >= 0.6 is 11.6 Å². The number of halogens is 4. The molecule has 2 aromatic carbocycles. The van der Waals surface area contributed by atoms with Gasteiger partial charge in [0.15, 0.2) is 5.76 Å². The second-order valence-corrected chi connectivity index (χ2v) is 5.37. The first-order valence-electron chi connectivity index (χ1n) is 6.92. The molecular formula is C17H9ClF3NO3. The van der Waals surface area contributed by atoms with Crippen LogP contribution in [0, 0.1) is 0 Å². The Hall–Kier alpha value is -2.80. The van der Waals surface area contributed by atoms with Crippen molar-refractivity contribution in [3.8, 4) is 28.5 Å². The molecular weight excluding hydrogens is 359 g/mol. The number of hydrogen-bond donors (Lipinski definition) is 0. The summed E-state index contributed by atoms with van der Waals surface area (Å²) in [5.74, 6) is 0.653. The second kappa shape index (κ2) is 6.60. The van der Waals surface area contributed by atoms with Gasteiger partial charge in [0.05, 0.1) is 22.3 Å². The maximum atomic E-state index is 12.9. The van der Waals surface area contributed by atoms with Crippen LogP contribution in [0.1, 0.15) is 5.56 Å². The number of ether oxygens (including phenoxy) is 1. The van der Waals surface area contributed by atoms with Crippen LogP contribution in [0.4, 0.5) is 13.2 Å². The highest BCUT2D eigenvalue weighted by molar-refractivity contribution is 6.33. The van der Waals surface area contributed by atoms with E-state index in [9.17, 15) is 18.0 Å². The Morgan fingerprint density at radius 2 is 1.84 bits per heavy atom. The maximum Gasteiger partial charge on any atom is 0.416 e. The molecule has 8 heteroatoms. The third-order valence-corrected chi connectivity index (χ3v) is 3.68. The average Bonchev–Trinajstić information content (AvgIpc) is 3.05. The fourth-order valence-corrected chi connectivity index (χ4v) is 2.35. The van der Waals surface area contributed by atoms with Gasteiger partial charge >= 0.3 is 6.18 Å². The van der Waals surface area contributed by atoms with Gasteiger partial charge in [0.1, 0.15) is 5.75 Å². The lowest BCUT2D eigenvalue weighted by Crippen LogP contribution is -2.04. The van der Waals surface area contributed by atoms with Crippen LogP contribution < -0.4 is 4.74 Å². The number of rotatable bonds is 4. The summed E-state index contributed by atoms with van der Waals surface area (Å²) in [6.45, 7) is 0.303. The maximum absolute atomic E-state index is 12.9. The molecule has 4 nitrogen and oxygen atoms in total. The minimum atomic E-state index is -4.50. The molecule has 3 aromatic rings. The van der Waals surface area contributed by atoms with Gasteiger partial charge in [0.2, 0.25) is 5.89 Å². The van der Waals surface area contributed by atoms with E-state index < -0.39 is 11.7 Å². The molecule has 0 saturated heterocycles. The quantitative estimate of drug-likeness (QED) is 0.593. The van der Waals surface area contributed by atoms with Crippen LogP contribution in [-0.4, -0.2) is 11.5 Å². The topological polar surface area (TPSA) is 52.3 Å². The monoisotopic (exact) mass is 367 g/mol. The minimum absolute atomic E-state index is 0.0284. The predicted molar refractivity (Wildman–Crippen MR) is 84.1 cm³/mol. The van der Waals surface area contributed by atoms with Crippen molar-refractivity contribution < 1.29 is 27.1 Å². The van der Waals surface area contributed by atoms with Gasteiger partial charge in [-0.3, -0.25) is 4.79 Å². The number of nitrogens with zero attached hydrogens (tertiary/aromatic N) is 1. The second-order valence-electron chi connectivity index (χ2n) is 4.96. The number of benzene rings is 2. The summed E-state index contributed by atoms with van der Waals surface area (Å²) in [4.78, 5) is 14.3. The Bertz CT molecular complexity index is 904. The number of carbonyl (C=O) groups excluding carboxylic acids is 1.